The second kappa shape index (κ2) is 5.01. The van der Waals surface area contributed by atoms with Crippen molar-refractivity contribution in [3.63, 3.8) is 0 Å². The monoisotopic (exact) mass is 250 g/mol. The van der Waals surface area contributed by atoms with Crippen molar-refractivity contribution in [3.8, 4) is 0 Å². The molecular weight excluding hydrogens is 239 g/mol. The van der Waals surface area contributed by atoms with Crippen LogP contribution >= 0.6 is 34.5 Å². The van der Waals surface area contributed by atoms with Crippen molar-refractivity contribution in [1.82, 2.24) is 4.98 Å². The maximum Gasteiger partial charge on any atom is 0.186 e. The van der Waals surface area contributed by atoms with Crippen molar-refractivity contribution in [1.29, 1.82) is 0 Å². The molecule has 0 amide bonds. The Morgan fingerprint density at radius 2 is 2.21 bits per heavy atom. The lowest BCUT2D eigenvalue weighted by Gasteiger charge is -2.04. The summed E-state index contributed by atoms with van der Waals surface area (Å²) < 4.78 is 0. The predicted molar refractivity (Wildman–Crippen MR) is 65.8 cm³/mol. The summed E-state index contributed by atoms with van der Waals surface area (Å²) in [7, 11) is 3.88. The first-order valence-electron chi connectivity index (χ1n) is 4.11. The highest BCUT2D eigenvalue weighted by molar-refractivity contribution is 7.17. The molecule has 0 unspecified atom stereocenters. The van der Waals surface area contributed by atoms with Gasteiger partial charge in [-0.3, -0.25) is 0 Å². The van der Waals surface area contributed by atoms with Gasteiger partial charge in [-0.25, -0.2) is 4.98 Å². The van der Waals surface area contributed by atoms with E-state index in [0.717, 1.165) is 15.6 Å². The second-order valence-corrected chi connectivity index (χ2v) is 4.80. The third kappa shape index (κ3) is 2.87. The molecule has 0 atom stereocenters. The van der Waals surface area contributed by atoms with Crippen LogP contribution in [-0.4, -0.2) is 25.0 Å². The third-order valence-electron chi connectivity index (χ3n) is 1.57. The van der Waals surface area contributed by atoms with Crippen LogP contribution in [0, 0.1) is 0 Å². The Morgan fingerprint density at radius 3 is 2.64 bits per heavy atom. The predicted octanol–water partition coefficient (Wildman–Crippen LogP) is 3.50. The van der Waals surface area contributed by atoms with E-state index in [1.165, 1.54) is 0 Å². The van der Waals surface area contributed by atoms with E-state index in [2.05, 4.69) is 4.98 Å². The van der Waals surface area contributed by atoms with Gasteiger partial charge in [-0.15, -0.1) is 11.6 Å². The fourth-order valence-corrected chi connectivity index (χ4v) is 2.13. The molecule has 0 spiro atoms. The number of aromatic nitrogens is 1. The zero-order chi connectivity index (χ0) is 10.7. The van der Waals surface area contributed by atoms with Gasteiger partial charge in [0.05, 0.1) is 4.88 Å². The van der Waals surface area contributed by atoms with Crippen molar-refractivity contribution in [3.05, 3.63) is 15.6 Å². The van der Waals surface area contributed by atoms with Gasteiger partial charge in [-0.2, -0.15) is 0 Å². The Morgan fingerprint density at radius 1 is 1.57 bits per heavy atom. The molecule has 0 aromatic carbocycles. The zero-order valence-electron chi connectivity index (χ0n) is 8.34. The number of rotatable bonds is 3. The number of nitrogens with zero attached hydrogens (tertiary/aromatic N) is 2. The Balaban J connectivity index is 2.99. The van der Waals surface area contributed by atoms with E-state index in [1.807, 2.05) is 32.0 Å². The number of alkyl halides is 1. The van der Waals surface area contributed by atoms with E-state index < -0.39 is 0 Å². The number of halogens is 2. The van der Waals surface area contributed by atoms with Crippen LogP contribution in [0.5, 0.6) is 0 Å². The van der Waals surface area contributed by atoms with Crippen LogP contribution in [0.4, 0.5) is 5.13 Å². The number of anilines is 1. The summed E-state index contributed by atoms with van der Waals surface area (Å²) >= 11 is 13.2. The highest BCUT2D eigenvalue weighted by atomic mass is 35.5. The van der Waals surface area contributed by atoms with Crippen LogP contribution in [0.25, 0.3) is 6.08 Å². The minimum atomic E-state index is 0.519. The van der Waals surface area contributed by atoms with E-state index in [-0.39, 0.29) is 0 Å². The van der Waals surface area contributed by atoms with E-state index in [1.54, 1.807) is 11.3 Å². The smallest absolute Gasteiger partial charge is 0.186 e. The molecule has 1 aromatic heterocycles. The van der Waals surface area contributed by atoms with E-state index in [0.29, 0.717) is 11.0 Å². The van der Waals surface area contributed by atoms with Crippen molar-refractivity contribution in [2.75, 3.05) is 24.9 Å². The van der Waals surface area contributed by atoms with Crippen LogP contribution in [-0.2, 0) is 0 Å². The molecule has 14 heavy (non-hydrogen) atoms. The average molecular weight is 251 g/mol. The fraction of sp³-hybridized carbons (Fsp3) is 0.444. The molecule has 0 bridgehead atoms. The minimum absolute atomic E-state index is 0.519. The lowest BCUT2D eigenvalue weighted by molar-refractivity contribution is 1.10. The molecule has 0 N–H and O–H groups in total. The molecule has 0 aliphatic carbocycles. The SMILES string of the molecule is CC(=Cc1sc(N(C)C)nc1Cl)CCl. The second-order valence-electron chi connectivity index (χ2n) is 3.17. The molecule has 1 aromatic rings. The maximum absolute atomic E-state index is 5.98. The van der Waals surface area contributed by atoms with Crippen LogP contribution in [0.1, 0.15) is 11.8 Å². The Hall–Kier alpha value is -0.250. The van der Waals surface area contributed by atoms with Crippen LogP contribution < -0.4 is 4.90 Å². The molecule has 0 radical (unpaired) electrons. The summed E-state index contributed by atoms with van der Waals surface area (Å²) in [6.07, 6.45) is 1.97. The highest BCUT2D eigenvalue weighted by Crippen LogP contribution is 2.30. The molecule has 1 heterocycles. The average Bonchev–Trinajstić information content (AvgIpc) is 2.48. The molecule has 0 saturated carbocycles. The van der Waals surface area contributed by atoms with E-state index in [9.17, 15) is 0 Å². The van der Waals surface area contributed by atoms with Gasteiger partial charge in [0.1, 0.15) is 5.15 Å². The Kier molecular flexibility index (Phi) is 4.23. The quantitative estimate of drug-likeness (QED) is 0.764. The van der Waals surface area contributed by atoms with Gasteiger partial charge in [0.25, 0.3) is 0 Å². The molecule has 1 rings (SSSR count). The highest BCUT2D eigenvalue weighted by Gasteiger charge is 2.08. The van der Waals surface area contributed by atoms with Gasteiger partial charge in [-0.1, -0.05) is 28.5 Å². The van der Waals surface area contributed by atoms with Gasteiger partial charge in [0, 0.05) is 20.0 Å². The molecule has 0 saturated heterocycles. The summed E-state index contributed by atoms with van der Waals surface area (Å²) in [4.78, 5) is 7.12. The molecule has 0 aliphatic heterocycles. The van der Waals surface area contributed by atoms with Crippen LogP contribution in [0.2, 0.25) is 5.15 Å². The summed E-state index contributed by atoms with van der Waals surface area (Å²) in [5.41, 5.74) is 1.09. The van der Waals surface area contributed by atoms with Gasteiger partial charge >= 0.3 is 0 Å². The van der Waals surface area contributed by atoms with Gasteiger partial charge in [0.15, 0.2) is 5.13 Å². The lowest BCUT2D eigenvalue weighted by Crippen LogP contribution is -2.07. The summed E-state index contributed by atoms with van der Waals surface area (Å²) in [6.45, 7) is 1.97. The van der Waals surface area contributed by atoms with E-state index in [4.69, 9.17) is 23.2 Å². The Labute approximate surface area is 98.2 Å². The minimum Gasteiger partial charge on any atom is -0.354 e. The lowest BCUT2D eigenvalue weighted by atomic mass is 10.3. The molecule has 2 nitrogen and oxygen atoms in total. The number of hydrogen-bond acceptors (Lipinski definition) is 3. The normalized spacial score (nSPS) is 11.9. The topological polar surface area (TPSA) is 16.1 Å². The fourth-order valence-electron chi connectivity index (χ4n) is 0.845. The number of thiazole rings is 1. The molecular formula is C9H12Cl2N2S. The molecule has 0 aliphatic rings. The zero-order valence-corrected chi connectivity index (χ0v) is 10.7. The first kappa shape index (κ1) is 11.8. The summed E-state index contributed by atoms with van der Waals surface area (Å²) in [5, 5.41) is 1.45. The van der Waals surface area contributed by atoms with Crippen LogP contribution in [0.15, 0.2) is 5.57 Å². The molecule has 78 valence electrons. The first-order valence-corrected chi connectivity index (χ1v) is 5.84. The molecule has 0 fully saturated rings. The van der Waals surface area contributed by atoms with Crippen molar-refractivity contribution in [2.24, 2.45) is 0 Å². The van der Waals surface area contributed by atoms with Crippen LogP contribution in [0.3, 0.4) is 0 Å². The third-order valence-corrected chi connectivity index (χ3v) is 3.56. The first-order chi connectivity index (χ1) is 6.54. The van der Waals surface area contributed by atoms with Crippen molar-refractivity contribution < 1.29 is 0 Å². The maximum atomic E-state index is 5.98. The summed E-state index contributed by atoms with van der Waals surface area (Å²) in [5.74, 6) is 0.519. The Bertz CT molecular complexity index is 345. The summed E-state index contributed by atoms with van der Waals surface area (Å²) in [6, 6.07) is 0. The molecule has 5 heteroatoms. The number of hydrogen-bond donors (Lipinski definition) is 0. The van der Waals surface area contributed by atoms with E-state index >= 15 is 0 Å². The standard InChI is InChI=1S/C9H12Cl2N2S/c1-6(5-10)4-7-8(11)12-9(14-7)13(2)3/h4H,5H2,1-3H3. The van der Waals surface area contributed by atoms with Gasteiger partial charge in [-0.05, 0) is 13.0 Å². The van der Waals surface area contributed by atoms with Gasteiger partial charge in [0.2, 0.25) is 0 Å². The largest absolute Gasteiger partial charge is 0.354 e. The van der Waals surface area contributed by atoms with Crippen molar-refractivity contribution in [2.45, 2.75) is 6.92 Å². The van der Waals surface area contributed by atoms with Gasteiger partial charge < -0.3 is 4.90 Å². The van der Waals surface area contributed by atoms with Crippen molar-refractivity contribution >= 4 is 45.7 Å². The number of allylic oxidation sites excluding steroid dienone is 1.